The van der Waals surface area contributed by atoms with Crippen LogP contribution in [0.2, 0.25) is 0 Å². The molecule has 1 rings (SSSR count). The average Bonchev–Trinajstić information content (AvgIpc) is 2.15. The van der Waals surface area contributed by atoms with Gasteiger partial charge in [-0.15, -0.1) is 0 Å². The molecule has 2 heteroatoms. The molecule has 0 fully saturated rings. The molecule has 0 radical (unpaired) electrons. The molecule has 0 bridgehead atoms. The van der Waals surface area contributed by atoms with E-state index in [9.17, 15) is 5.21 Å². The molecule has 76 valence electrons. The molecule has 0 aliphatic heterocycles. The van der Waals surface area contributed by atoms with Crippen molar-refractivity contribution in [3.63, 3.8) is 0 Å². The van der Waals surface area contributed by atoms with Crippen molar-refractivity contribution in [2.75, 3.05) is 12.1 Å². The molecule has 1 aromatic carbocycles. The van der Waals surface area contributed by atoms with Crippen molar-refractivity contribution >= 4 is 11.3 Å². The Labute approximate surface area is 85.4 Å². The average molecular weight is 191 g/mol. The molecule has 0 saturated carbocycles. The van der Waals surface area contributed by atoms with Gasteiger partial charge in [-0.05, 0) is 42.2 Å². The molecule has 2 nitrogen and oxygen atoms in total. The van der Waals surface area contributed by atoms with Gasteiger partial charge in [-0.1, -0.05) is 19.6 Å². The second-order valence-corrected chi connectivity index (χ2v) is 3.48. The highest BCUT2D eigenvalue weighted by atomic mass is 16.5. The smallest absolute Gasteiger partial charge is 0.0660 e. The Hall–Kier alpha value is -1.28. The van der Waals surface area contributed by atoms with E-state index in [2.05, 4.69) is 13.5 Å². The van der Waals surface area contributed by atoms with Gasteiger partial charge in [0.15, 0.2) is 0 Å². The minimum Gasteiger partial charge on any atom is -0.289 e. The van der Waals surface area contributed by atoms with Crippen molar-refractivity contribution in [3.05, 3.63) is 35.9 Å². The summed E-state index contributed by atoms with van der Waals surface area (Å²) in [5.74, 6) is 0. The summed E-state index contributed by atoms with van der Waals surface area (Å²) < 4.78 is 0. The molecule has 1 N–H and O–H groups in total. The van der Waals surface area contributed by atoms with Gasteiger partial charge in [-0.3, -0.25) is 10.3 Å². The van der Waals surface area contributed by atoms with Crippen molar-refractivity contribution in [2.24, 2.45) is 0 Å². The van der Waals surface area contributed by atoms with Crippen LogP contribution >= 0.6 is 0 Å². The Morgan fingerprint density at radius 3 is 2.57 bits per heavy atom. The summed E-state index contributed by atoms with van der Waals surface area (Å²) in [6, 6.07) is 5.94. The predicted octanol–water partition coefficient (Wildman–Crippen LogP) is 3.24. The number of nitrogens with zero attached hydrogens (tertiary/aromatic N) is 1. The Morgan fingerprint density at radius 1 is 1.50 bits per heavy atom. The fourth-order valence-electron chi connectivity index (χ4n) is 1.44. The Kier molecular flexibility index (Phi) is 3.31. The van der Waals surface area contributed by atoms with Crippen molar-refractivity contribution < 1.29 is 5.21 Å². The quantitative estimate of drug-likeness (QED) is 0.741. The lowest BCUT2D eigenvalue weighted by molar-refractivity contribution is 0.279. The second-order valence-electron chi connectivity index (χ2n) is 3.48. The fourth-order valence-corrected chi connectivity index (χ4v) is 1.44. The van der Waals surface area contributed by atoms with Crippen LogP contribution in [0.15, 0.2) is 24.8 Å². The molecule has 1 aromatic rings. The molecule has 0 heterocycles. The number of hydroxylamine groups is 1. The molecule has 0 saturated heterocycles. The van der Waals surface area contributed by atoms with Crippen molar-refractivity contribution in [2.45, 2.75) is 20.3 Å². The molecule has 0 atom stereocenters. The second kappa shape index (κ2) is 4.29. The number of aryl methyl sites for hydroxylation is 1. The Bertz CT molecular complexity index is 342. The highest BCUT2D eigenvalue weighted by Gasteiger charge is 2.03. The van der Waals surface area contributed by atoms with Gasteiger partial charge in [0, 0.05) is 7.05 Å². The number of hydrogen-bond donors (Lipinski definition) is 1. The minimum absolute atomic E-state index is 0.831. The summed E-state index contributed by atoms with van der Waals surface area (Å²) in [5.41, 5.74) is 4.16. The van der Waals surface area contributed by atoms with Crippen LogP contribution < -0.4 is 5.06 Å². The SMILES string of the molecule is C=C(CC)c1ccc(N(C)O)c(C)c1. The first-order chi connectivity index (χ1) is 6.56. The van der Waals surface area contributed by atoms with Gasteiger partial charge in [0.05, 0.1) is 5.69 Å². The van der Waals surface area contributed by atoms with E-state index in [4.69, 9.17) is 0 Å². The normalized spacial score (nSPS) is 10.0. The van der Waals surface area contributed by atoms with Gasteiger partial charge >= 0.3 is 0 Å². The van der Waals surface area contributed by atoms with Gasteiger partial charge in [-0.2, -0.15) is 0 Å². The third-order valence-corrected chi connectivity index (χ3v) is 2.38. The maximum atomic E-state index is 9.30. The summed E-state index contributed by atoms with van der Waals surface area (Å²) >= 11 is 0. The highest BCUT2D eigenvalue weighted by molar-refractivity contribution is 5.67. The van der Waals surface area contributed by atoms with E-state index in [0.29, 0.717) is 0 Å². The number of allylic oxidation sites excluding steroid dienone is 1. The molecular weight excluding hydrogens is 174 g/mol. The van der Waals surface area contributed by atoms with E-state index in [0.717, 1.165) is 33.9 Å². The number of benzene rings is 1. The number of hydrogen-bond acceptors (Lipinski definition) is 2. The van der Waals surface area contributed by atoms with Gasteiger partial charge in [0.1, 0.15) is 0 Å². The van der Waals surface area contributed by atoms with E-state index in [1.54, 1.807) is 7.05 Å². The zero-order chi connectivity index (χ0) is 10.7. The van der Waals surface area contributed by atoms with Gasteiger partial charge < -0.3 is 0 Å². The molecule has 0 spiro atoms. The highest BCUT2D eigenvalue weighted by Crippen LogP contribution is 2.23. The van der Waals surface area contributed by atoms with Crippen LogP contribution in [0.25, 0.3) is 5.57 Å². The van der Waals surface area contributed by atoms with Crippen LogP contribution in [-0.4, -0.2) is 12.3 Å². The van der Waals surface area contributed by atoms with Crippen LogP contribution in [0.3, 0.4) is 0 Å². The van der Waals surface area contributed by atoms with Crippen LogP contribution in [-0.2, 0) is 0 Å². The first kappa shape index (κ1) is 10.8. The zero-order valence-corrected chi connectivity index (χ0v) is 9.04. The Balaban J connectivity index is 3.06. The maximum Gasteiger partial charge on any atom is 0.0660 e. The van der Waals surface area contributed by atoms with Crippen LogP contribution in [0.4, 0.5) is 5.69 Å². The van der Waals surface area contributed by atoms with Crippen molar-refractivity contribution in [1.29, 1.82) is 0 Å². The summed E-state index contributed by atoms with van der Waals surface area (Å²) in [6.45, 7) is 8.05. The van der Waals surface area contributed by atoms with Gasteiger partial charge in [0.25, 0.3) is 0 Å². The summed E-state index contributed by atoms with van der Waals surface area (Å²) in [6.07, 6.45) is 0.952. The molecule has 0 unspecified atom stereocenters. The zero-order valence-electron chi connectivity index (χ0n) is 9.04. The minimum atomic E-state index is 0.831. The molecule has 0 amide bonds. The standard InChI is InChI=1S/C12H17NO/c1-5-9(2)11-6-7-12(13(4)14)10(3)8-11/h6-8,14H,2,5H2,1,3-4H3. The first-order valence-electron chi connectivity index (χ1n) is 4.77. The number of anilines is 1. The van der Waals surface area contributed by atoms with Crippen molar-refractivity contribution in [1.82, 2.24) is 0 Å². The lowest BCUT2D eigenvalue weighted by Crippen LogP contribution is -2.11. The predicted molar refractivity (Wildman–Crippen MR) is 60.7 cm³/mol. The van der Waals surface area contributed by atoms with Crippen LogP contribution in [0.5, 0.6) is 0 Å². The third kappa shape index (κ3) is 2.15. The summed E-state index contributed by atoms with van der Waals surface area (Å²) in [4.78, 5) is 0. The van der Waals surface area contributed by atoms with Crippen molar-refractivity contribution in [3.8, 4) is 0 Å². The lowest BCUT2D eigenvalue weighted by Gasteiger charge is -2.14. The van der Waals surface area contributed by atoms with Gasteiger partial charge in [0.2, 0.25) is 0 Å². The number of rotatable bonds is 3. The molecule has 14 heavy (non-hydrogen) atoms. The van der Waals surface area contributed by atoms with E-state index >= 15 is 0 Å². The van der Waals surface area contributed by atoms with E-state index in [1.807, 2.05) is 25.1 Å². The largest absolute Gasteiger partial charge is 0.289 e. The molecule has 0 aliphatic rings. The third-order valence-electron chi connectivity index (χ3n) is 2.38. The van der Waals surface area contributed by atoms with Gasteiger partial charge in [-0.25, -0.2) is 0 Å². The van der Waals surface area contributed by atoms with E-state index in [-0.39, 0.29) is 0 Å². The first-order valence-corrected chi connectivity index (χ1v) is 4.77. The lowest BCUT2D eigenvalue weighted by atomic mass is 10.0. The fraction of sp³-hybridized carbons (Fsp3) is 0.333. The summed E-state index contributed by atoms with van der Waals surface area (Å²) in [5, 5.41) is 10.4. The monoisotopic (exact) mass is 191 g/mol. The summed E-state index contributed by atoms with van der Waals surface area (Å²) in [7, 11) is 1.62. The Morgan fingerprint density at radius 2 is 2.14 bits per heavy atom. The molecular formula is C12H17NO. The van der Waals surface area contributed by atoms with Crippen LogP contribution in [0.1, 0.15) is 24.5 Å². The topological polar surface area (TPSA) is 23.5 Å². The van der Waals surface area contributed by atoms with E-state index in [1.165, 1.54) is 0 Å². The maximum absolute atomic E-state index is 9.30. The van der Waals surface area contributed by atoms with Crippen LogP contribution in [0, 0.1) is 6.92 Å². The van der Waals surface area contributed by atoms with E-state index < -0.39 is 0 Å². The molecule has 0 aliphatic carbocycles. The molecule has 0 aromatic heterocycles.